The first-order chi connectivity index (χ1) is 8.08. The number of primary amides is 1. The number of carbonyl (C=O) groups is 1. The van der Waals surface area contributed by atoms with Crippen LogP contribution in [0.15, 0.2) is 24.3 Å². The minimum Gasteiger partial charge on any atom is -0.480 e. The van der Waals surface area contributed by atoms with Crippen LogP contribution >= 0.6 is 0 Å². The van der Waals surface area contributed by atoms with Crippen LogP contribution < -0.4 is 10.5 Å². The van der Waals surface area contributed by atoms with Gasteiger partial charge in [0.2, 0.25) is 0 Å². The smallest absolute Gasteiger partial charge is 0.273 e. The van der Waals surface area contributed by atoms with Crippen molar-refractivity contribution in [2.24, 2.45) is 11.7 Å². The van der Waals surface area contributed by atoms with Gasteiger partial charge in [-0.05, 0) is 18.9 Å². The second-order valence-electron chi connectivity index (χ2n) is 4.03. The molecule has 0 heterocycles. The molecule has 2 N–H and O–H groups in total. The molecule has 6 heteroatoms. The van der Waals surface area contributed by atoms with Crippen molar-refractivity contribution in [1.29, 1.82) is 0 Å². The molecular formula is C11H12N2O4. The van der Waals surface area contributed by atoms with Crippen LogP contribution in [0.4, 0.5) is 5.69 Å². The van der Waals surface area contributed by atoms with E-state index in [1.165, 1.54) is 18.2 Å². The van der Waals surface area contributed by atoms with Crippen molar-refractivity contribution < 1.29 is 14.5 Å². The Labute approximate surface area is 97.5 Å². The summed E-state index contributed by atoms with van der Waals surface area (Å²) < 4.78 is 5.41. The second-order valence-corrected chi connectivity index (χ2v) is 4.03. The Bertz CT molecular complexity index is 457. The minimum atomic E-state index is -0.683. The van der Waals surface area contributed by atoms with Crippen LogP contribution in [0, 0.1) is 16.0 Å². The van der Waals surface area contributed by atoms with Gasteiger partial charge in [0.05, 0.1) is 11.0 Å². The van der Waals surface area contributed by atoms with E-state index in [1.54, 1.807) is 6.07 Å². The van der Waals surface area contributed by atoms with Crippen LogP contribution in [-0.4, -0.2) is 16.9 Å². The van der Waals surface area contributed by atoms with E-state index in [0.717, 1.165) is 12.8 Å². The fourth-order valence-corrected chi connectivity index (χ4v) is 1.60. The van der Waals surface area contributed by atoms with Crippen molar-refractivity contribution in [1.82, 2.24) is 0 Å². The highest BCUT2D eigenvalue weighted by molar-refractivity contribution is 5.80. The number of hydrogen-bond acceptors (Lipinski definition) is 4. The van der Waals surface area contributed by atoms with Gasteiger partial charge in [0.15, 0.2) is 6.10 Å². The number of hydrogen-bond donors (Lipinski definition) is 1. The molecule has 1 saturated carbocycles. The molecule has 90 valence electrons. The van der Waals surface area contributed by atoms with Crippen molar-refractivity contribution in [2.75, 3.05) is 0 Å². The maximum Gasteiger partial charge on any atom is 0.273 e. The SMILES string of the molecule is NC(=O)C(Oc1cccc([N+](=O)[O-])c1)C1CC1. The number of non-ortho nitro benzene ring substituents is 1. The summed E-state index contributed by atoms with van der Waals surface area (Å²) in [6.07, 6.45) is 1.13. The van der Waals surface area contributed by atoms with Gasteiger partial charge in [0.1, 0.15) is 5.75 Å². The largest absolute Gasteiger partial charge is 0.480 e. The molecule has 1 atom stereocenters. The number of nitro benzene ring substituents is 1. The molecule has 1 amide bonds. The predicted molar refractivity (Wildman–Crippen MR) is 59.4 cm³/mol. The number of carbonyl (C=O) groups excluding carboxylic acids is 1. The number of nitro groups is 1. The number of benzene rings is 1. The standard InChI is InChI=1S/C11H12N2O4/c12-11(14)10(7-4-5-7)17-9-3-1-2-8(6-9)13(15)16/h1-3,6-7,10H,4-5H2,(H2,12,14). The van der Waals surface area contributed by atoms with Crippen LogP contribution in [0.1, 0.15) is 12.8 Å². The summed E-state index contributed by atoms with van der Waals surface area (Å²) >= 11 is 0. The van der Waals surface area contributed by atoms with Crippen molar-refractivity contribution in [3.8, 4) is 5.75 Å². The molecule has 1 unspecified atom stereocenters. The highest BCUT2D eigenvalue weighted by Gasteiger charge is 2.37. The molecule has 0 spiro atoms. The van der Waals surface area contributed by atoms with Crippen LogP contribution in [0.3, 0.4) is 0 Å². The van der Waals surface area contributed by atoms with E-state index in [1.807, 2.05) is 0 Å². The molecule has 0 radical (unpaired) electrons. The third-order valence-electron chi connectivity index (χ3n) is 2.62. The van der Waals surface area contributed by atoms with Gasteiger partial charge in [-0.2, -0.15) is 0 Å². The van der Waals surface area contributed by atoms with Crippen LogP contribution in [0.25, 0.3) is 0 Å². The molecule has 1 fully saturated rings. The molecule has 2 rings (SSSR count). The van der Waals surface area contributed by atoms with Crippen molar-refractivity contribution in [3.05, 3.63) is 34.4 Å². The van der Waals surface area contributed by atoms with E-state index in [2.05, 4.69) is 0 Å². The Morgan fingerprint density at radius 3 is 2.76 bits per heavy atom. The summed E-state index contributed by atoms with van der Waals surface area (Å²) in [5.41, 5.74) is 5.16. The molecule has 0 aromatic heterocycles. The minimum absolute atomic E-state index is 0.0680. The van der Waals surface area contributed by atoms with Crippen LogP contribution in [0.2, 0.25) is 0 Å². The summed E-state index contributed by atoms with van der Waals surface area (Å²) in [7, 11) is 0. The number of nitrogens with zero attached hydrogens (tertiary/aromatic N) is 1. The Morgan fingerprint density at radius 2 is 2.24 bits per heavy atom. The Hall–Kier alpha value is -2.11. The number of rotatable bonds is 5. The third-order valence-corrected chi connectivity index (χ3v) is 2.62. The Morgan fingerprint density at radius 1 is 1.53 bits per heavy atom. The maximum atomic E-state index is 11.2. The van der Waals surface area contributed by atoms with Crippen molar-refractivity contribution in [3.63, 3.8) is 0 Å². The molecule has 17 heavy (non-hydrogen) atoms. The van der Waals surface area contributed by atoms with Gasteiger partial charge in [0, 0.05) is 12.0 Å². The average Bonchev–Trinajstić information content (AvgIpc) is 3.09. The molecule has 1 aromatic rings. The lowest BCUT2D eigenvalue weighted by Gasteiger charge is -2.14. The lowest BCUT2D eigenvalue weighted by atomic mass is 10.2. The Balaban J connectivity index is 2.14. The van der Waals surface area contributed by atoms with Crippen LogP contribution in [0.5, 0.6) is 5.75 Å². The lowest BCUT2D eigenvalue weighted by Crippen LogP contribution is -2.35. The van der Waals surface area contributed by atoms with E-state index in [-0.39, 0.29) is 11.6 Å². The summed E-state index contributed by atoms with van der Waals surface area (Å²) in [6, 6.07) is 5.74. The van der Waals surface area contributed by atoms with Crippen molar-refractivity contribution in [2.45, 2.75) is 18.9 Å². The maximum absolute atomic E-state index is 11.2. The van der Waals surface area contributed by atoms with E-state index < -0.39 is 16.9 Å². The fraction of sp³-hybridized carbons (Fsp3) is 0.364. The first kappa shape index (κ1) is 11.4. The first-order valence-corrected chi connectivity index (χ1v) is 5.28. The normalized spacial score (nSPS) is 16.2. The van der Waals surface area contributed by atoms with E-state index in [0.29, 0.717) is 5.75 Å². The van der Waals surface area contributed by atoms with Crippen molar-refractivity contribution >= 4 is 11.6 Å². The first-order valence-electron chi connectivity index (χ1n) is 5.28. The number of amides is 1. The van der Waals surface area contributed by atoms with Gasteiger partial charge in [-0.25, -0.2) is 0 Å². The van der Waals surface area contributed by atoms with Gasteiger partial charge >= 0.3 is 0 Å². The molecule has 1 aliphatic rings. The van der Waals surface area contributed by atoms with Gasteiger partial charge < -0.3 is 10.5 Å². The predicted octanol–water partition coefficient (Wildman–Crippen LogP) is 1.24. The fourth-order valence-electron chi connectivity index (χ4n) is 1.60. The molecule has 1 aliphatic carbocycles. The van der Waals surface area contributed by atoms with E-state index >= 15 is 0 Å². The van der Waals surface area contributed by atoms with E-state index in [9.17, 15) is 14.9 Å². The molecule has 1 aromatic carbocycles. The zero-order valence-corrected chi connectivity index (χ0v) is 9.04. The monoisotopic (exact) mass is 236 g/mol. The van der Waals surface area contributed by atoms with Gasteiger partial charge in [-0.1, -0.05) is 6.07 Å². The van der Waals surface area contributed by atoms with Gasteiger partial charge in [-0.15, -0.1) is 0 Å². The molecule has 0 bridgehead atoms. The topological polar surface area (TPSA) is 95.5 Å². The zero-order chi connectivity index (χ0) is 12.4. The summed E-state index contributed by atoms with van der Waals surface area (Å²) in [4.78, 5) is 21.2. The third kappa shape index (κ3) is 2.72. The molecular weight excluding hydrogens is 224 g/mol. The molecule has 6 nitrogen and oxygen atoms in total. The quantitative estimate of drug-likeness (QED) is 0.614. The number of nitrogens with two attached hydrogens (primary N) is 1. The zero-order valence-electron chi connectivity index (χ0n) is 9.04. The summed E-state index contributed by atoms with van der Waals surface area (Å²) in [5, 5.41) is 10.6. The molecule has 0 saturated heterocycles. The Kier molecular flexibility index (Phi) is 2.95. The van der Waals surface area contributed by atoms with Gasteiger partial charge in [-0.3, -0.25) is 14.9 Å². The molecule has 0 aliphatic heterocycles. The lowest BCUT2D eigenvalue weighted by molar-refractivity contribution is -0.384. The summed E-state index contributed by atoms with van der Waals surface area (Å²) in [6.45, 7) is 0. The van der Waals surface area contributed by atoms with E-state index in [4.69, 9.17) is 10.5 Å². The van der Waals surface area contributed by atoms with Crippen LogP contribution in [-0.2, 0) is 4.79 Å². The second kappa shape index (κ2) is 4.40. The highest BCUT2D eigenvalue weighted by Crippen LogP contribution is 2.35. The average molecular weight is 236 g/mol. The summed E-state index contributed by atoms with van der Waals surface area (Å²) in [5.74, 6) is -0.0827. The number of ether oxygens (including phenoxy) is 1. The van der Waals surface area contributed by atoms with Gasteiger partial charge in [0.25, 0.3) is 11.6 Å². The highest BCUT2D eigenvalue weighted by atomic mass is 16.6.